The third-order valence-corrected chi connectivity index (χ3v) is 4.66. The molecule has 0 atom stereocenters. The van der Waals surface area contributed by atoms with E-state index < -0.39 is 11.6 Å². The molecule has 0 aliphatic heterocycles. The summed E-state index contributed by atoms with van der Waals surface area (Å²) in [7, 11) is 0. The molecule has 7 heteroatoms. The smallest absolute Gasteiger partial charge is 0.134 e. The van der Waals surface area contributed by atoms with Crippen LogP contribution in [-0.2, 0) is 6.42 Å². The first-order chi connectivity index (χ1) is 13.1. The summed E-state index contributed by atoms with van der Waals surface area (Å²) in [6.45, 7) is 0.336. The molecule has 4 nitrogen and oxygen atoms in total. The minimum absolute atomic E-state index is 0.0447. The van der Waals surface area contributed by atoms with Crippen LogP contribution in [0.15, 0.2) is 63.9 Å². The van der Waals surface area contributed by atoms with Crippen LogP contribution < -0.4 is 5.32 Å². The van der Waals surface area contributed by atoms with E-state index in [9.17, 15) is 8.78 Å². The number of aromatic nitrogens is 2. The highest BCUT2D eigenvalue weighted by molar-refractivity contribution is 9.10. The summed E-state index contributed by atoms with van der Waals surface area (Å²) in [6, 6.07) is 12.0. The Morgan fingerprint density at radius 2 is 1.81 bits per heavy atom. The Labute approximate surface area is 162 Å². The molecule has 0 unspecified atom stereocenters. The van der Waals surface area contributed by atoms with Crippen LogP contribution >= 0.6 is 15.9 Å². The Hall–Kier alpha value is -2.80. The van der Waals surface area contributed by atoms with E-state index in [-0.39, 0.29) is 12.0 Å². The number of halogens is 3. The third kappa shape index (κ3) is 3.83. The fraction of sp³-hybridized carbons (Fsp3) is 0.100. The maximum atomic E-state index is 13.9. The highest BCUT2D eigenvalue weighted by Gasteiger charge is 2.11. The minimum atomic E-state index is -0.571. The van der Waals surface area contributed by atoms with Gasteiger partial charge in [-0.05, 0) is 30.7 Å². The van der Waals surface area contributed by atoms with Gasteiger partial charge in [0.15, 0.2) is 0 Å². The monoisotopic (exact) mass is 429 g/mol. The molecule has 0 aliphatic rings. The maximum Gasteiger partial charge on any atom is 0.134 e. The van der Waals surface area contributed by atoms with Crippen molar-refractivity contribution in [1.29, 1.82) is 0 Å². The van der Waals surface area contributed by atoms with Crippen molar-refractivity contribution in [3.8, 4) is 11.3 Å². The van der Waals surface area contributed by atoms with Crippen LogP contribution in [0.25, 0.3) is 22.2 Å². The quantitative estimate of drug-likeness (QED) is 0.449. The number of benzene rings is 2. The zero-order chi connectivity index (χ0) is 18.8. The molecule has 136 valence electrons. The molecule has 0 amide bonds. The van der Waals surface area contributed by atoms with Crippen molar-refractivity contribution >= 4 is 32.7 Å². The van der Waals surface area contributed by atoms with Gasteiger partial charge in [-0.3, -0.25) is 0 Å². The summed E-state index contributed by atoms with van der Waals surface area (Å²) in [5.74, 6) is -0.560. The zero-order valence-corrected chi connectivity index (χ0v) is 15.6. The predicted molar refractivity (Wildman–Crippen MR) is 103 cm³/mol. The molecule has 4 rings (SSSR count). The zero-order valence-electron chi connectivity index (χ0n) is 14.0. The van der Waals surface area contributed by atoms with E-state index in [4.69, 9.17) is 4.42 Å². The first kappa shape index (κ1) is 17.6. The van der Waals surface area contributed by atoms with Crippen LogP contribution in [0.2, 0.25) is 0 Å². The van der Waals surface area contributed by atoms with Gasteiger partial charge in [0.2, 0.25) is 0 Å². The highest BCUT2D eigenvalue weighted by Crippen LogP contribution is 2.25. The van der Waals surface area contributed by atoms with Gasteiger partial charge in [0.05, 0.1) is 12.0 Å². The van der Waals surface area contributed by atoms with Gasteiger partial charge in [-0.2, -0.15) is 0 Å². The summed E-state index contributed by atoms with van der Waals surface area (Å²) >= 11 is 3.08. The molecule has 2 aromatic heterocycles. The molecule has 0 radical (unpaired) electrons. The first-order valence-electron chi connectivity index (χ1n) is 8.27. The molecule has 2 aromatic carbocycles. The Morgan fingerprint density at radius 3 is 2.63 bits per heavy atom. The molecular weight excluding hydrogens is 416 g/mol. The van der Waals surface area contributed by atoms with Crippen molar-refractivity contribution in [2.45, 2.75) is 6.42 Å². The molecule has 0 aliphatic carbocycles. The lowest BCUT2D eigenvalue weighted by Gasteiger charge is -2.09. The van der Waals surface area contributed by atoms with E-state index in [1.165, 1.54) is 18.5 Å². The van der Waals surface area contributed by atoms with E-state index in [1.807, 2.05) is 24.3 Å². The molecule has 0 saturated heterocycles. The van der Waals surface area contributed by atoms with Crippen LogP contribution in [0, 0.1) is 11.6 Å². The number of nitrogens with one attached hydrogen (secondary N) is 1. The predicted octanol–water partition coefficient (Wildman–Crippen LogP) is 5.59. The van der Waals surface area contributed by atoms with E-state index >= 15 is 0 Å². The first-order valence-corrected chi connectivity index (χ1v) is 9.06. The van der Waals surface area contributed by atoms with Crippen molar-refractivity contribution in [3.63, 3.8) is 0 Å². The Morgan fingerprint density at radius 1 is 1.00 bits per heavy atom. The van der Waals surface area contributed by atoms with Gasteiger partial charge in [0, 0.05) is 33.6 Å². The molecular formula is C20H14BrF2N3O. The molecule has 27 heavy (non-hydrogen) atoms. The summed E-state index contributed by atoms with van der Waals surface area (Å²) in [5, 5.41) is 4.10. The van der Waals surface area contributed by atoms with Crippen molar-refractivity contribution in [2.75, 3.05) is 11.9 Å². The van der Waals surface area contributed by atoms with Gasteiger partial charge in [0.25, 0.3) is 0 Å². The summed E-state index contributed by atoms with van der Waals surface area (Å²) < 4.78 is 33.6. The second-order valence-corrected chi connectivity index (χ2v) is 6.90. The molecule has 0 saturated carbocycles. The van der Waals surface area contributed by atoms with Gasteiger partial charge in [0.1, 0.15) is 29.4 Å². The fourth-order valence-corrected chi connectivity index (χ4v) is 3.25. The molecule has 0 spiro atoms. The van der Waals surface area contributed by atoms with Gasteiger partial charge < -0.3 is 9.73 Å². The van der Waals surface area contributed by atoms with Crippen LogP contribution in [0.5, 0.6) is 0 Å². The second-order valence-electron chi connectivity index (χ2n) is 5.99. The number of hydrogen-bond acceptors (Lipinski definition) is 4. The lowest BCUT2D eigenvalue weighted by atomic mass is 10.1. The van der Waals surface area contributed by atoms with E-state index in [0.717, 1.165) is 22.2 Å². The van der Waals surface area contributed by atoms with E-state index in [0.29, 0.717) is 16.8 Å². The third-order valence-electron chi connectivity index (χ3n) is 4.21. The van der Waals surface area contributed by atoms with Crippen LogP contribution in [0.1, 0.15) is 5.56 Å². The van der Waals surface area contributed by atoms with Crippen LogP contribution in [-0.4, -0.2) is 16.5 Å². The van der Waals surface area contributed by atoms with Crippen molar-refractivity contribution in [3.05, 3.63) is 76.7 Å². The normalized spacial score (nSPS) is 11.1. The molecule has 0 bridgehead atoms. The molecule has 0 fully saturated rings. The standard InChI is InChI=1S/C20H14BrF2N3O/c21-14-8-16(22)15(17(23)9-14)3-5-24-20-10-18(25-11-26-20)13-2-1-12-4-6-27-19(12)7-13/h1-2,4,6-11H,3,5H2,(H,24,25,26). The number of hydrogen-bond donors (Lipinski definition) is 1. The molecule has 2 heterocycles. The Bertz CT molecular complexity index is 1090. The SMILES string of the molecule is Fc1cc(Br)cc(F)c1CCNc1cc(-c2ccc3ccoc3c2)ncn1. The van der Waals surface area contributed by atoms with Gasteiger partial charge in [-0.15, -0.1) is 0 Å². The van der Waals surface area contributed by atoms with E-state index in [1.54, 1.807) is 12.3 Å². The van der Waals surface area contributed by atoms with Gasteiger partial charge >= 0.3 is 0 Å². The molecule has 1 N–H and O–H groups in total. The Balaban J connectivity index is 1.48. The van der Waals surface area contributed by atoms with Crippen molar-refractivity contribution < 1.29 is 13.2 Å². The number of fused-ring (bicyclic) bond motifs is 1. The average Bonchev–Trinajstić information content (AvgIpc) is 3.12. The van der Waals surface area contributed by atoms with Gasteiger partial charge in [-0.25, -0.2) is 18.7 Å². The lowest BCUT2D eigenvalue weighted by Crippen LogP contribution is -2.09. The van der Waals surface area contributed by atoms with Crippen LogP contribution in [0.4, 0.5) is 14.6 Å². The number of rotatable bonds is 5. The minimum Gasteiger partial charge on any atom is -0.464 e. The number of furan rings is 1. The summed E-state index contributed by atoms with van der Waals surface area (Å²) in [5.41, 5.74) is 2.45. The topological polar surface area (TPSA) is 51.0 Å². The summed E-state index contributed by atoms with van der Waals surface area (Å²) in [6.07, 6.45) is 3.29. The van der Waals surface area contributed by atoms with Crippen molar-refractivity contribution in [1.82, 2.24) is 9.97 Å². The van der Waals surface area contributed by atoms with E-state index in [2.05, 4.69) is 31.2 Å². The number of nitrogens with zero attached hydrogens (tertiary/aromatic N) is 2. The number of anilines is 1. The lowest BCUT2D eigenvalue weighted by molar-refractivity contribution is 0.555. The molecule has 4 aromatic rings. The van der Waals surface area contributed by atoms with Crippen molar-refractivity contribution in [2.24, 2.45) is 0 Å². The fourth-order valence-electron chi connectivity index (χ4n) is 2.85. The largest absolute Gasteiger partial charge is 0.464 e. The maximum absolute atomic E-state index is 13.9. The van der Waals surface area contributed by atoms with Crippen LogP contribution in [0.3, 0.4) is 0 Å². The average molecular weight is 430 g/mol. The highest BCUT2D eigenvalue weighted by atomic mass is 79.9. The summed E-state index contributed by atoms with van der Waals surface area (Å²) in [4.78, 5) is 8.45. The second kappa shape index (κ2) is 7.44. The van der Waals surface area contributed by atoms with Gasteiger partial charge in [-0.1, -0.05) is 28.1 Å². The Kier molecular flexibility index (Phi) is 4.85.